The SMILES string of the molecule is COC(=O)C[C@@H](c1ccncc1)c1c(Cc2ccc(OC)cc2)[nH][nH]c1=O. The van der Waals surface area contributed by atoms with Gasteiger partial charge in [0.2, 0.25) is 0 Å². The second kappa shape index (κ2) is 8.35. The first-order valence-corrected chi connectivity index (χ1v) is 8.51. The van der Waals surface area contributed by atoms with Crippen LogP contribution in [0.15, 0.2) is 53.6 Å². The third-order valence-corrected chi connectivity index (χ3v) is 4.49. The van der Waals surface area contributed by atoms with E-state index in [1.54, 1.807) is 31.6 Å². The molecule has 0 amide bonds. The Hall–Kier alpha value is -3.35. The number of esters is 1. The number of carbonyl (C=O) groups is 1. The second-order valence-electron chi connectivity index (χ2n) is 6.11. The number of carbonyl (C=O) groups excluding carboxylic acids is 1. The smallest absolute Gasteiger partial charge is 0.306 e. The lowest BCUT2D eigenvalue weighted by Crippen LogP contribution is -2.18. The molecule has 1 atom stereocenters. The van der Waals surface area contributed by atoms with Gasteiger partial charge in [-0.05, 0) is 35.4 Å². The maximum absolute atomic E-state index is 12.5. The van der Waals surface area contributed by atoms with Crippen molar-refractivity contribution in [3.05, 3.63) is 81.5 Å². The summed E-state index contributed by atoms with van der Waals surface area (Å²) in [6, 6.07) is 11.2. The quantitative estimate of drug-likeness (QED) is 0.625. The predicted octanol–water partition coefficient (Wildman–Crippen LogP) is 2.39. The van der Waals surface area contributed by atoms with E-state index in [1.165, 1.54) is 7.11 Å². The van der Waals surface area contributed by atoms with E-state index >= 15 is 0 Å². The lowest BCUT2D eigenvalue weighted by Gasteiger charge is -2.16. The van der Waals surface area contributed by atoms with Crippen molar-refractivity contribution in [2.75, 3.05) is 14.2 Å². The summed E-state index contributed by atoms with van der Waals surface area (Å²) in [6.45, 7) is 0. The van der Waals surface area contributed by atoms with Gasteiger partial charge in [0.25, 0.3) is 5.56 Å². The Labute approximate surface area is 156 Å². The minimum absolute atomic E-state index is 0.0665. The van der Waals surface area contributed by atoms with Crippen molar-refractivity contribution in [2.24, 2.45) is 0 Å². The lowest BCUT2D eigenvalue weighted by atomic mass is 9.88. The second-order valence-corrected chi connectivity index (χ2v) is 6.11. The largest absolute Gasteiger partial charge is 0.497 e. The van der Waals surface area contributed by atoms with Gasteiger partial charge in [0.1, 0.15) is 5.75 Å². The number of H-pyrrole nitrogens is 2. The van der Waals surface area contributed by atoms with Crippen LogP contribution in [0.3, 0.4) is 0 Å². The minimum atomic E-state index is -0.427. The van der Waals surface area contributed by atoms with E-state index in [0.29, 0.717) is 12.0 Å². The fourth-order valence-electron chi connectivity index (χ4n) is 3.09. The average molecular weight is 367 g/mol. The highest BCUT2D eigenvalue weighted by Gasteiger charge is 2.25. The molecule has 0 saturated carbocycles. The third kappa shape index (κ3) is 4.25. The molecule has 2 heterocycles. The molecule has 0 fully saturated rings. The summed E-state index contributed by atoms with van der Waals surface area (Å²) in [6.07, 6.45) is 3.87. The number of methoxy groups -OCH3 is 2. The van der Waals surface area contributed by atoms with Crippen LogP contribution in [-0.4, -0.2) is 35.4 Å². The summed E-state index contributed by atoms with van der Waals surface area (Å²) in [5, 5.41) is 5.60. The molecule has 1 aromatic carbocycles. The highest BCUT2D eigenvalue weighted by molar-refractivity contribution is 5.71. The van der Waals surface area contributed by atoms with Crippen LogP contribution in [0.1, 0.15) is 34.7 Å². The van der Waals surface area contributed by atoms with Crippen LogP contribution < -0.4 is 10.3 Å². The van der Waals surface area contributed by atoms with Crippen LogP contribution in [0, 0.1) is 0 Å². The standard InChI is InChI=1S/C20H21N3O4/c1-26-15-5-3-13(4-6-15)11-17-19(20(25)23-22-17)16(12-18(24)27-2)14-7-9-21-10-8-14/h3-10,16H,11-12H2,1-2H3,(H2,22,23,25)/t16-/m0/s1. The van der Waals surface area contributed by atoms with Gasteiger partial charge in [-0.15, -0.1) is 0 Å². The molecule has 3 aromatic rings. The molecule has 7 heteroatoms. The Morgan fingerprint density at radius 3 is 2.41 bits per heavy atom. The molecule has 0 spiro atoms. The third-order valence-electron chi connectivity index (χ3n) is 4.49. The van der Waals surface area contributed by atoms with Crippen LogP contribution in [-0.2, 0) is 16.0 Å². The Morgan fingerprint density at radius 1 is 1.07 bits per heavy atom. The van der Waals surface area contributed by atoms with E-state index in [1.807, 2.05) is 24.3 Å². The maximum Gasteiger partial charge on any atom is 0.306 e. The minimum Gasteiger partial charge on any atom is -0.497 e. The van der Waals surface area contributed by atoms with Gasteiger partial charge < -0.3 is 14.6 Å². The molecule has 0 aliphatic rings. The molecular formula is C20H21N3O4. The average Bonchev–Trinajstić information content (AvgIpc) is 3.07. The molecule has 0 aliphatic heterocycles. The van der Waals surface area contributed by atoms with Gasteiger partial charge in [0.05, 0.1) is 20.6 Å². The van der Waals surface area contributed by atoms with E-state index in [0.717, 1.165) is 22.6 Å². The predicted molar refractivity (Wildman–Crippen MR) is 99.9 cm³/mol. The summed E-state index contributed by atoms with van der Waals surface area (Å²) in [5.74, 6) is -0.0432. The fraction of sp³-hybridized carbons (Fsp3) is 0.250. The van der Waals surface area contributed by atoms with Crippen molar-refractivity contribution in [3.63, 3.8) is 0 Å². The van der Waals surface area contributed by atoms with Crippen molar-refractivity contribution in [1.29, 1.82) is 0 Å². The van der Waals surface area contributed by atoms with Gasteiger partial charge in [-0.2, -0.15) is 0 Å². The zero-order valence-electron chi connectivity index (χ0n) is 15.2. The van der Waals surface area contributed by atoms with Gasteiger partial charge in [-0.3, -0.25) is 19.7 Å². The van der Waals surface area contributed by atoms with E-state index < -0.39 is 5.92 Å². The molecule has 0 aliphatic carbocycles. The van der Waals surface area contributed by atoms with Crippen molar-refractivity contribution in [1.82, 2.24) is 15.2 Å². The molecule has 27 heavy (non-hydrogen) atoms. The highest BCUT2D eigenvalue weighted by atomic mass is 16.5. The molecular weight excluding hydrogens is 346 g/mol. The number of hydrogen-bond donors (Lipinski definition) is 2. The molecule has 0 bridgehead atoms. The number of hydrogen-bond acceptors (Lipinski definition) is 5. The van der Waals surface area contributed by atoms with Crippen LogP contribution in [0.25, 0.3) is 0 Å². The van der Waals surface area contributed by atoms with E-state index in [-0.39, 0.29) is 17.9 Å². The number of rotatable bonds is 7. The number of aromatic nitrogens is 3. The first kappa shape index (κ1) is 18.4. The van der Waals surface area contributed by atoms with Crippen LogP contribution in [0.4, 0.5) is 0 Å². The first-order valence-electron chi connectivity index (χ1n) is 8.51. The number of nitrogens with zero attached hydrogens (tertiary/aromatic N) is 1. The van der Waals surface area contributed by atoms with E-state index in [4.69, 9.17) is 9.47 Å². The van der Waals surface area contributed by atoms with Gasteiger partial charge >= 0.3 is 5.97 Å². The number of aromatic amines is 2. The van der Waals surface area contributed by atoms with Crippen molar-refractivity contribution < 1.29 is 14.3 Å². The number of benzene rings is 1. The van der Waals surface area contributed by atoms with Crippen LogP contribution >= 0.6 is 0 Å². The Morgan fingerprint density at radius 2 is 1.78 bits per heavy atom. The molecule has 7 nitrogen and oxygen atoms in total. The Bertz CT molecular complexity index is 945. The first-order chi connectivity index (χ1) is 13.1. The van der Waals surface area contributed by atoms with Gasteiger partial charge in [0, 0.05) is 36.0 Å². The molecule has 2 aromatic heterocycles. The number of nitrogens with one attached hydrogen (secondary N) is 2. The zero-order chi connectivity index (χ0) is 19.2. The molecule has 0 saturated heterocycles. The maximum atomic E-state index is 12.5. The van der Waals surface area contributed by atoms with E-state index in [2.05, 4.69) is 15.2 Å². The molecule has 140 valence electrons. The van der Waals surface area contributed by atoms with Crippen LogP contribution in [0.5, 0.6) is 5.75 Å². The zero-order valence-corrected chi connectivity index (χ0v) is 15.2. The van der Waals surface area contributed by atoms with Gasteiger partial charge in [0.15, 0.2) is 0 Å². The Kier molecular flexibility index (Phi) is 5.71. The number of pyridine rings is 1. The van der Waals surface area contributed by atoms with Crippen molar-refractivity contribution >= 4 is 5.97 Å². The van der Waals surface area contributed by atoms with Crippen molar-refractivity contribution in [2.45, 2.75) is 18.8 Å². The van der Waals surface area contributed by atoms with Gasteiger partial charge in [-0.1, -0.05) is 12.1 Å². The summed E-state index contributed by atoms with van der Waals surface area (Å²) in [7, 11) is 2.95. The van der Waals surface area contributed by atoms with Crippen LogP contribution in [0.2, 0.25) is 0 Å². The summed E-state index contributed by atoms with van der Waals surface area (Å²) in [4.78, 5) is 28.5. The number of ether oxygens (including phenoxy) is 2. The molecule has 3 rings (SSSR count). The fourth-order valence-corrected chi connectivity index (χ4v) is 3.09. The summed E-state index contributed by atoms with van der Waals surface area (Å²) >= 11 is 0. The summed E-state index contributed by atoms with van der Waals surface area (Å²) < 4.78 is 10.0. The summed E-state index contributed by atoms with van der Waals surface area (Å²) in [5.41, 5.74) is 2.86. The topological polar surface area (TPSA) is 97.1 Å². The Balaban J connectivity index is 1.98. The van der Waals surface area contributed by atoms with Gasteiger partial charge in [-0.25, -0.2) is 0 Å². The van der Waals surface area contributed by atoms with E-state index in [9.17, 15) is 9.59 Å². The lowest BCUT2D eigenvalue weighted by molar-refractivity contribution is -0.140. The molecule has 0 radical (unpaired) electrons. The highest BCUT2D eigenvalue weighted by Crippen LogP contribution is 2.29. The molecule has 2 N–H and O–H groups in total. The molecule has 0 unspecified atom stereocenters. The van der Waals surface area contributed by atoms with Crippen molar-refractivity contribution in [3.8, 4) is 5.75 Å². The monoisotopic (exact) mass is 367 g/mol. The normalized spacial score (nSPS) is 11.8.